The van der Waals surface area contributed by atoms with Gasteiger partial charge in [-0.2, -0.15) is 0 Å². The van der Waals surface area contributed by atoms with E-state index in [1.54, 1.807) is 37.5 Å². The van der Waals surface area contributed by atoms with Crippen molar-refractivity contribution in [3.63, 3.8) is 0 Å². The maximum absolute atomic E-state index is 12.7. The van der Waals surface area contributed by atoms with Crippen LogP contribution in [0.1, 0.15) is 88.3 Å². The fourth-order valence-corrected chi connectivity index (χ4v) is 4.58. The minimum Gasteiger partial charge on any atom is -0.384 e. The molecule has 2 aromatic rings. The molecule has 0 bridgehead atoms. The van der Waals surface area contributed by atoms with Crippen LogP contribution in [0.15, 0.2) is 71.6 Å². The summed E-state index contributed by atoms with van der Waals surface area (Å²) >= 11 is 0. The lowest BCUT2D eigenvalue weighted by molar-refractivity contribution is -0.109. The average Bonchev–Trinajstić information content (AvgIpc) is 3.97. The topological polar surface area (TPSA) is 118 Å². The van der Waals surface area contributed by atoms with Crippen molar-refractivity contribution >= 4 is 23.8 Å². The van der Waals surface area contributed by atoms with Gasteiger partial charge in [0.15, 0.2) is 0 Å². The molecule has 3 N–H and O–H groups in total. The number of likely N-dealkylation sites (tertiary alicyclic amines) is 1. The van der Waals surface area contributed by atoms with Crippen molar-refractivity contribution in [3.8, 4) is 11.3 Å². The quantitative estimate of drug-likeness (QED) is 0.163. The summed E-state index contributed by atoms with van der Waals surface area (Å²) in [6.07, 6.45) is 18.0. The first-order chi connectivity index (χ1) is 21.6. The second kappa shape index (κ2) is 18.0. The van der Waals surface area contributed by atoms with E-state index in [4.69, 9.17) is 10.7 Å². The van der Waals surface area contributed by atoms with E-state index in [-0.39, 0.29) is 5.91 Å². The summed E-state index contributed by atoms with van der Waals surface area (Å²) in [7, 11) is 4.14. The Hall–Kier alpha value is -4.11. The number of benzene rings is 1. The van der Waals surface area contributed by atoms with Crippen LogP contribution in [0.25, 0.3) is 11.3 Å². The van der Waals surface area contributed by atoms with Crippen molar-refractivity contribution in [2.45, 2.75) is 72.1 Å². The number of nitrogens with one attached hydrogen (secondary N) is 1. The standard InChI is InChI=1S/C28H37N7O.C5H8O.C3H6/c1-6-20(2)13-14-30-21(3)32-28(36)23-11-9-22(10-12-23)25-18-26(29)31-15-17-35(5)27(33-25)24-8-7-16-34(4)19-24;1-4-2-5(4)3-6;1-2-3-1/h6,9-15,17-18,24H,7-8,16,19H2,1-5H3,(H2,29,31)(H,30,32,36);3-5H,2H2,1H3;1-3H2/b14-13-,17-15?,20-6-,25-18?,33-27?;;. The zero-order valence-electron chi connectivity index (χ0n) is 27.9. The number of aryl methyl sites for hydroxylation is 1. The maximum Gasteiger partial charge on any atom is 0.256 e. The molecule has 45 heavy (non-hydrogen) atoms. The number of hydrogen-bond acceptors (Lipinski definition) is 7. The lowest BCUT2D eigenvalue weighted by Crippen LogP contribution is -2.32. The highest BCUT2D eigenvalue weighted by Crippen LogP contribution is 2.35. The van der Waals surface area contributed by atoms with Crippen LogP contribution in [0.4, 0.5) is 5.82 Å². The molecule has 1 aromatic heterocycles. The highest BCUT2D eigenvalue weighted by molar-refractivity contribution is 6.06. The molecular formula is C36H51N7O2. The summed E-state index contributed by atoms with van der Waals surface area (Å²) in [5, 5.41) is 2.82. The lowest BCUT2D eigenvalue weighted by Gasteiger charge is -2.29. The number of rotatable bonds is 6. The van der Waals surface area contributed by atoms with Gasteiger partial charge in [0.25, 0.3) is 5.91 Å². The van der Waals surface area contributed by atoms with Crippen molar-refractivity contribution in [2.75, 3.05) is 25.9 Å². The van der Waals surface area contributed by atoms with Gasteiger partial charge in [-0.25, -0.2) is 15.0 Å². The second-order valence-electron chi connectivity index (χ2n) is 12.2. The van der Waals surface area contributed by atoms with E-state index in [0.717, 1.165) is 55.6 Å². The summed E-state index contributed by atoms with van der Waals surface area (Å²) in [6, 6.07) is 9.11. The normalized spacial score (nSPS) is 21.0. The Labute approximate surface area is 269 Å². The molecule has 0 spiro atoms. The average molecular weight is 614 g/mol. The smallest absolute Gasteiger partial charge is 0.256 e. The van der Waals surface area contributed by atoms with E-state index >= 15 is 0 Å². The van der Waals surface area contributed by atoms with Crippen LogP contribution < -0.4 is 11.1 Å². The van der Waals surface area contributed by atoms with E-state index in [9.17, 15) is 9.59 Å². The first kappa shape index (κ1) is 35.4. The number of amides is 1. The predicted octanol–water partition coefficient (Wildman–Crippen LogP) is 6.64. The zero-order chi connectivity index (χ0) is 32.8. The van der Waals surface area contributed by atoms with Gasteiger partial charge in [-0.1, -0.05) is 50.0 Å². The van der Waals surface area contributed by atoms with Gasteiger partial charge in [0, 0.05) is 61.2 Å². The SMILES string of the molecule is C/C=C(C)\C=C/N=C(C)NC(=O)c1ccc(-c2cc(N)nccn(C)c(C3CCCN(C)C3)n2)cc1.C1CC1.CC1CC1C=O. The summed E-state index contributed by atoms with van der Waals surface area (Å²) < 4.78 is 2.02. The van der Waals surface area contributed by atoms with Crippen molar-refractivity contribution < 1.29 is 9.59 Å². The molecule has 0 radical (unpaired) electrons. The molecule has 242 valence electrons. The second-order valence-corrected chi connectivity index (χ2v) is 12.2. The van der Waals surface area contributed by atoms with Crippen LogP contribution in [0, 0.1) is 11.8 Å². The van der Waals surface area contributed by atoms with Crippen molar-refractivity contribution in [2.24, 2.45) is 23.9 Å². The van der Waals surface area contributed by atoms with Crippen LogP contribution >= 0.6 is 0 Å². The third kappa shape index (κ3) is 12.8. The number of aldehydes is 1. The van der Waals surface area contributed by atoms with Gasteiger partial charge < -0.3 is 25.3 Å². The first-order valence-corrected chi connectivity index (χ1v) is 16.0. The fraction of sp³-hybridized carbons (Fsp3) is 0.472. The van der Waals surface area contributed by atoms with Crippen LogP contribution in [0.3, 0.4) is 0 Å². The Morgan fingerprint density at radius 2 is 1.80 bits per heavy atom. The molecule has 9 nitrogen and oxygen atoms in total. The molecule has 1 amide bonds. The van der Waals surface area contributed by atoms with Crippen LogP contribution in [-0.2, 0) is 11.8 Å². The molecular weight excluding hydrogens is 562 g/mol. The maximum atomic E-state index is 12.7. The Morgan fingerprint density at radius 1 is 1.11 bits per heavy atom. The van der Waals surface area contributed by atoms with Gasteiger partial charge in [0.05, 0.1) is 5.69 Å². The summed E-state index contributed by atoms with van der Waals surface area (Å²) in [5.74, 6) is 3.07. The number of carbonyl (C=O) groups excluding carboxylic acids is 2. The molecule has 2 aliphatic carbocycles. The number of hydrogen-bond donors (Lipinski definition) is 2. The third-order valence-electron chi connectivity index (χ3n) is 7.88. The zero-order valence-corrected chi connectivity index (χ0v) is 27.9. The van der Waals surface area contributed by atoms with Gasteiger partial charge >= 0.3 is 0 Å². The Balaban J connectivity index is 0.000000523. The summed E-state index contributed by atoms with van der Waals surface area (Å²) in [6.45, 7) is 9.86. The van der Waals surface area contributed by atoms with Gasteiger partial charge in [0.2, 0.25) is 0 Å². The number of aromatic nitrogens is 3. The molecule has 3 unspecified atom stereocenters. The lowest BCUT2D eigenvalue weighted by atomic mass is 9.97. The molecule has 1 aromatic carbocycles. The van der Waals surface area contributed by atoms with Gasteiger partial charge in [0.1, 0.15) is 23.8 Å². The van der Waals surface area contributed by atoms with Crippen LogP contribution in [0.2, 0.25) is 0 Å². The highest BCUT2D eigenvalue weighted by atomic mass is 16.1. The number of nitrogen functional groups attached to an aromatic ring is 1. The molecule has 3 fully saturated rings. The first-order valence-electron chi connectivity index (χ1n) is 16.0. The largest absolute Gasteiger partial charge is 0.384 e. The monoisotopic (exact) mass is 613 g/mol. The third-order valence-corrected chi connectivity index (χ3v) is 7.88. The number of aliphatic imine (C=N–C) groups is 1. The van der Waals surface area contributed by atoms with Gasteiger partial charge in [-0.05, 0) is 77.8 Å². The van der Waals surface area contributed by atoms with E-state index in [1.807, 2.05) is 55.9 Å². The van der Waals surface area contributed by atoms with Crippen molar-refractivity contribution in [1.82, 2.24) is 24.8 Å². The Kier molecular flexibility index (Phi) is 14.1. The number of carbonyl (C=O) groups is 2. The Bertz CT molecular complexity index is 1420. The number of likely N-dealkylation sites (N-methyl/N-ethyl adjacent to an activating group) is 1. The molecule has 5 rings (SSSR count). The van der Waals surface area contributed by atoms with Crippen molar-refractivity contribution in [3.05, 3.63) is 78.0 Å². The molecule has 1 aliphatic heterocycles. The van der Waals surface area contributed by atoms with Gasteiger partial charge in [-0.3, -0.25) is 4.79 Å². The van der Waals surface area contributed by atoms with E-state index in [1.165, 1.54) is 19.3 Å². The van der Waals surface area contributed by atoms with Crippen LogP contribution in [-0.4, -0.2) is 57.6 Å². The molecule has 2 saturated carbocycles. The Morgan fingerprint density at radius 3 is 2.36 bits per heavy atom. The minimum absolute atomic E-state index is 0.221. The number of amidine groups is 1. The van der Waals surface area contributed by atoms with Gasteiger partial charge in [-0.15, -0.1) is 0 Å². The van der Waals surface area contributed by atoms with E-state index in [2.05, 4.69) is 34.2 Å². The summed E-state index contributed by atoms with van der Waals surface area (Å²) in [5.41, 5.74) is 9.33. The predicted molar refractivity (Wildman–Crippen MR) is 184 cm³/mol. The number of piperidine rings is 1. The van der Waals surface area contributed by atoms with E-state index in [0.29, 0.717) is 40.7 Å². The highest BCUT2D eigenvalue weighted by Gasteiger charge is 2.31. The number of anilines is 1. The molecule has 3 aliphatic rings. The molecule has 3 atom stereocenters. The van der Waals surface area contributed by atoms with Crippen LogP contribution in [0.5, 0.6) is 0 Å². The molecule has 1 saturated heterocycles. The minimum atomic E-state index is -0.221. The summed E-state index contributed by atoms with van der Waals surface area (Å²) in [4.78, 5) is 38.5. The number of nitrogens with zero attached hydrogens (tertiary/aromatic N) is 5. The van der Waals surface area contributed by atoms with E-state index < -0.39 is 0 Å². The number of allylic oxidation sites excluding steroid dienone is 3. The molecule has 9 heteroatoms. The van der Waals surface area contributed by atoms with Crippen molar-refractivity contribution in [1.29, 1.82) is 0 Å². The molecule has 2 heterocycles. The number of nitrogens with two attached hydrogens (primary N) is 1. The fourth-order valence-electron chi connectivity index (χ4n) is 4.58.